The monoisotopic (exact) mass is 380 g/mol. The number of halogens is 1. The minimum absolute atomic E-state index is 0.327. The Morgan fingerprint density at radius 1 is 0.926 bits per heavy atom. The third kappa shape index (κ3) is 3.07. The molecule has 4 heteroatoms. The fourth-order valence-electron chi connectivity index (χ4n) is 4.96. The van der Waals surface area contributed by atoms with E-state index in [2.05, 4.69) is 41.3 Å². The second-order valence-corrected chi connectivity index (χ2v) is 8.38. The maximum Gasteiger partial charge on any atom is 0.118 e. The topological polar surface area (TPSA) is 24.6 Å². The summed E-state index contributed by atoms with van der Waals surface area (Å²) in [6, 6.07) is 17.6. The van der Waals surface area contributed by atoms with Crippen molar-refractivity contribution in [1.29, 1.82) is 0 Å². The lowest BCUT2D eigenvalue weighted by Crippen LogP contribution is -2.27. The SMILES string of the molecule is COc1ccc([C@@H]2[C@H]3C(c4ccc(Cl)cc4)=N[C@H](C4CCCCC4)N32)cc1. The molecule has 0 spiro atoms. The normalized spacial score (nSPS) is 29.9. The molecule has 4 atom stereocenters. The molecule has 0 radical (unpaired) electrons. The van der Waals surface area contributed by atoms with Crippen molar-refractivity contribution in [1.82, 2.24) is 4.90 Å². The second kappa shape index (κ2) is 6.96. The molecule has 27 heavy (non-hydrogen) atoms. The van der Waals surface area contributed by atoms with Crippen LogP contribution < -0.4 is 4.74 Å². The molecule has 0 bridgehead atoms. The zero-order chi connectivity index (χ0) is 18.4. The van der Waals surface area contributed by atoms with Crippen molar-refractivity contribution in [2.24, 2.45) is 10.9 Å². The maximum absolute atomic E-state index is 6.11. The van der Waals surface area contributed by atoms with Crippen molar-refractivity contribution in [2.75, 3.05) is 7.11 Å². The van der Waals surface area contributed by atoms with E-state index in [9.17, 15) is 0 Å². The molecule has 2 heterocycles. The smallest absolute Gasteiger partial charge is 0.118 e. The predicted octanol–water partition coefficient (Wildman–Crippen LogP) is 5.48. The van der Waals surface area contributed by atoms with Gasteiger partial charge < -0.3 is 4.74 Å². The number of rotatable bonds is 4. The van der Waals surface area contributed by atoms with Gasteiger partial charge in [-0.3, -0.25) is 9.89 Å². The molecule has 1 saturated carbocycles. The number of ether oxygens (including phenoxy) is 1. The van der Waals surface area contributed by atoms with Gasteiger partial charge in [0.2, 0.25) is 0 Å². The van der Waals surface area contributed by atoms with Gasteiger partial charge in [0, 0.05) is 5.02 Å². The predicted molar refractivity (Wildman–Crippen MR) is 110 cm³/mol. The second-order valence-electron chi connectivity index (χ2n) is 7.94. The number of benzene rings is 2. The number of hydrogen-bond donors (Lipinski definition) is 0. The Hall–Kier alpha value is -1.84. The molecule has 2 aromatic carbocycles. The summed E-state index contributed by atoms with van der Waals surface area (Å²) in [5.74, 6) is 1.60. The van der Waals surface area contributed by atoms with Crippen molar-refractivity contribution in [3.63, 3.8) is 0 Å². The third-order valence-electron chi connectivity index (χ3n) is 6.38. The summed E-state index contributed by atoms with van der Waals surface area (Å²) < 4.78 is 5.33. The fourth-order valence-corrected chi connectivity index (χ4v) is 5.08. The Morgan fingerprint density at radius 3 is 2.30 bits per heavy atom. The average Bonchev–Trinajstić information content (AvgIpc) is 3.33. The van der Waals surface area contributed by atoms with Crippen LogP contribution in [0.3, 0.4) is 0 Å². The van der Waals surface area contributed by atoms with Gasteiger partial charge >= 0.3 is 0 Å². The zero-order valence-corrected chi connectivity index (χ0v) is 16.4. The van der Waals surface area contributed by atoms with Gasteiger partial charge in [0.05, 0.1) is 24.9 Å². The summed E-state index contributed by atoms with van der Waals surface area (Å²) in [6.07, 6.45) is 7.01. The zero-order valence-electron chi connectivity index (χ0n) is 15.6. The van der Waals surface area contributed by atoms with Crippen LogP contribution in [0.4, 0.5) is 0 Å². The van der Waals surface area contributed by atoms with Crippen LogP contribution in [0.2, 0.25) is 5.02 Å². The summed E-state index contributed by atoms with van der Waals surface area (Å²) in [7, 11) is 1.72. The number of nitrogens with zero attached hydrogens (tertiary/aromatic N) is 2. The van der Waals surface area contributed by atoms with E-state index in [0.29, 0.717) is 24.2 Å². The lowest BCUT2D eigenvalue weighted by molar-refractivity contribution is 0.219. The maximum atomic E-state index is 6.11. The summed E-state index contributed by atoms with van der Waals surface area (Å²) in [5, 5.41) is 0.778. The first kappa shape index (κ1) is 17.3. The van der Waals surface area contributed by atoms with E-state index in [4.69, 9.17) is 21.3 Å². The van der Waals surface area contributed by atoms with Crippen LogP contribution in [0, 0.1) is 5.92 Å². The van der Waals surface area contributed by atoms with Crippen molar-refractivity contribution >= 4 is 17.3 Å². The highest BCUT2D eigenvalue weighted by atomic mass is 35.5. The van der Waals surface area contributed by atoms with Crippen LogP contribution in [0.25, 0.3) is 0 Å². The molecular formula is C23H25ClN2O. The lowest BCUT2D eigenvalue weighted by atomic mass is 9.87. The Morgan fingerprint density at radius 2 is 1.63 bits per heavy atom. The van der Waals surface area contributed by atoms with Gasteiger partial charge in [-0.2, -0.15) is 0 Å². The average molecular weight is 381 g/mol. The molecule has 2 fully saturated rings. The van der Waals surface area contributed by atoms with Gasteiger partial charge in [0.25, 0.3) is 0 Å². The molecule has 0 aromatic heterocycles. The molecule has 140 valence electrons. The molecule has 3 nitrogen and oxygen atoms in total. The first-order chi connectivity index (χ1) is 13.3. The summed E-state index contributed by atoms with van der Waals surface area (Å²) >= 11 is 6.11. The lowest BCUT2D eigenvalue weighted by Gasteiger charge is -2.28. The Bertz CT molecular complexity index is 840. The molecule has 1 unspecified atom stereocenters. The highest BCUT2D eigenvalue weighted by Gasteiger charge is 2.60. The molecule has 1 saturated heterocycles. The molecule has 0 N–H and O–H groups in total. The van der Waals surface area contributed by atoms with E-state index in [0.717, 1.165) is 10.8 Å². The summed E-state index contributed by atoms with van der Waals surface area (Å²) in [6.45, 7) is 0. The summed E-state index contributed by atoms with van der Waals surface area (Å²) in [4.78, 5) is 7.85. The van der Waals surface area contributed by atoms with E-state index < -0.39 is 0 Å². The van der Waals surface area contributed by atoms with Gasteiger partial charge in [0.1, 0.15) is 11.9 Å². The number of fused-ring (bicyclic) bond motifs is 1. The quantitative estimate of drug-likeness (QED) is 0.655. The van der Waals surface area contributed by atoms with Crippen molar-refractivity contribution < 1.29 is 4.74 Å². The molecule has 2 aromatic rings. The standard InChI is InChI=1S/C23H25ClN2O/c1-27-19-13-9-16(10-14-19)21-22-20(15-7-11-18(24)12-8-15)25-23(26(21)22)17-5-3-2-4-6-17/h7-14,17,21-23H,2-6H2,1H3/t21-,22-,23+,26?/m1/s1. The fraction of sp³-hybridized carbons (Fsp3) is 0.435. The van der Waals surface area contributed by atoms with E-state index in [-0.39, 0.29) is 0 Å². The first-order valence-corrected chi connectivity index (χ1v) is 10.4. The molecule has 2 aliphatic heterocycles. The first-order valence-electron chi connectivity index (χ1n) is 10.0. The minimum Gasteiger partial charge on any atom is -0.497 e. The molecule has 0 amide bonds. The van der Waals surface area contributed by atoms with Crippen LogP contribution in [0.5, 0.6) is 5.75 Å². The van der Waals surface area contributed by atoms with Gasteiger partial charge in [-0.25, -0.2) is 0 Å². The van der Waals surface area contributed by atoms with E-state index >= 15 is 0 Å². The Labute approximate surface area is 166 Å². The van der Waals surface area contributed by atoms with Crippen molar-refractivity contribution in [3.05, 3.63) is 64.7 Å². The Kier molecular flexibility index (Phi) is 4.45. The molecule has 1 aliphatic carbocycles. The minimum atomic E-state index is 0.327. The van der Waals surface area contributed by atoms with Crippen molar-refractivity contribution in [3.8, 4) is 5.75 Å². The highest BCUT2D eigenvalue weighted by molar-refractivity contribution is 6.30. The van der Waals surface area contributed by atoms with Crippen LogP contribution in [0.1, 0.15) is 49.3 Å². The van der Waals surface area contributed by atoms with Gasteiger partial charge in [-0.15, -0.1) is 0 Å². The van der Waals surface area contributed by atoms with Crippen molar-refractivity contribution in [2.45, 2.75) is 50.4 Å². The largest absolute Gasteiger partial charge is 0.497 e. The van der Waals surface area contributed by atoms with E-state index in [1.165, 1.54) is 48.9 Å². The summed E-state index contributed by atoms with van der Waals surface area (Å²) in [5.41, 5.74) is 3.81. The molecule has 5 rings (SSSR count). The van der Waals surface area contributed by atoms with Crippen LogP contribution >= 0.6 is 11.6 Å². The van der Waals surface area contributed by atoms with E-state index in [1.807, 2.05) is 12.1 Å². The van der Waals surface area contributed by atoms with Gasteiger partial charge in [-0.05, 0) is 54.2 Å². The number of aliphatic imine (C=N–C) groups is 1. The van der Waals surface area contributed by atoms with Gasteiger partial charge in [-0.1, -0.05) is 55.1 Å². The highest BCUT2D eigenvalue weighted by Crippen LogP contribution is 2.54. The number of hydrogen-bond acceptors (Lipinski definition) is 3. The van der Waals surface area contributed by atoms with Crippen LogP contribution in [0.15, 0.2) is 53.5 Å². The van der Waals surface area contributed by atoms with Crippen LogP contribution in [-0.4, -0.2) is 29.9 Å². The third-order valence-corrected chi connectivity index (χ3v) is 6.63. The van der Waals surface area contributed by atoms with Crippen LogP contribution in [-0.2, 0) is 0 Å². The van der Waals surface area contributed by atoms with Gasteiger partial charge in [0.15, 0.2) is 0 Å². The number of methoxy groups -OCH3 is 1. The molecule has 3 aliphatic rings. The molecular weight excluding hydrogens is 356 g/mol. The Balaban J connectivity index is 1.47. The van der Waals surface area contributed by atoms with E-state index in [1.54, 1.807) is 7.11 Å².